The molecule has 0 aliphatic heterocycles. The lowest BCUT2D eigenvalue weighted by Crippen LogP contribution is -2.03. The molecule has 25 heavy (non-hydrogen) atoms. The largest absolute Gasteiger partial charge is 0.383 e. The van der Waals surface area contributed by atoms with Gasteiger partial charge >= 0.3 is 0 Å². The Morgan fingerprint density at radius 1 is 1.04 bits per heavy atom. The number of nitriles is 1. The van der Waals surface area contributed by atoms with E-state index in [0.29, 0.717) is 21.3 Å². The molecular formula is C20H15Cl2N3. The number of rotatable bonds is 2. The van der Waals surface area contributed by atoms with E-state index in [1.54, 1.807) is 12.1 Å². The third-order valence-electron chi connectivity index (χ3n) is 4.11. The van der Waals surface area contributed by atoms with Crippen molar-refractivity contribution in [2.24, 2.45) is 0 Å². The van der Waals surface area contributed by atoms with Gasteiger partial charge in [-0.05, 0) is 43.2 Å². The van der Waals surface area contributed by atoms with Gasteiger partial charge in [0.2, 0.25) is 0 Å². The maximum atomic E-state index is 9.58. The first-order valence-corrected chi connectivity index (χ1v) is 8.40. The van der Waals surface area contributed by atoms with E-state index in [-0.39, 0.29) is 5.82 Å². The van der Waals surface area contributed by atoms with Crippen LogP contribution in [0.25, 0.3) is 22.4 Å². The Balaban J connectivity index is 2.33. The molecule has 3 nitrogen and oxygen atoms in total. The van der Waals surface area contributed by atoms with Crippen molar-refractivity contribution in [2.75, 3.05) is 5.73 Å². The highest BCUT2D eigenvalue weighted by molar-refractivity contribution is 6.36. The quantitative estimate of drug-likeness (QED) is 0.622. The lowest BCUT2D eigenvalue weighted by atomic mass is 9.92. The van der Waals surface area contributed by atoms with E-state index in [2.05, 4.69) is 11.1 Å². The van der Waals surface area contributed by atoms with Gasteiger partial charge in [-0.3, -0.25) is 0 Å². The van der Waals surface area contributed by atoms with Gasteiger partial charge in [0, 0.05) is 16.1 Å². The number of nitrogen functional groups attached to an aromatic ring is 1. The second-order valence-electron chi connectivity index (χ2n) is 5.82. The van der Waals surface area contributed by atoms with Crippen molar-refractivity contribution in [3.63, 3.8) is 0 Å². The molecule has 3 rings (SSSR count). The number of nitrogens with two attached hydrogens (primary N) is 1. The van der Waals surface area contributed by atoms with E-state index < -0.39 is 0 Å². The number of benzene rings is 2. The van der Waals surface area contributed by atoms with E-state index in [4.69, 9.17) is 28.9 Å². The minimum Gasteiger partial charge on any atom is -0.383 e. The molecule has 0 amide bonds. The standard InChI is InChI=1S/C20H15Cl2N3/c1-11-3-5-13(6-4-11)18-12(2)19(25-20(24)16(18)10-23)15-8-7-14(21)9-17(15)22/h3-9H,1-2H3,(H2,24,25). The number of aromatic nitrogens is 1. The Kier molecular flexibility index (Phi) is 4.67. The third kappa shape index (κ3) is 3.19. The zero-order chi connectivity index (χ0) is 18.1. The summed E-state index contributed by atoms with van der Waals surface area (Å²) in [5.41, 5.74) is 11.5. The van der Waals surface area contributed by atoms with Crippen LogP contribution in [0.1, 0.15) is 16.7 Å². The van der Waals surface area contributed by atoms with Gasteiger partial charge in [-0.15, -0.1) is 0 Å². The molecule has 0 fully saturated rings. The number of hydrogen-bond acceptors (Lipinski definition) is 3. The van der Waals surface area contributed by atoms with Crippen LogP contribution < -0.4 is 5.73 Å². The van der Waals surface area contributed by atoms with Crippen molar-refractivity contribution in [1.82, 2.24) is 4.98 Å². The van der Waals surface area contributed by atoms with Crippen LogP contribution in [-0.4, -0.2) is 4.98 Å². The highest BCUT2D eigenvalue weighted by atomic mass is 35.5. The Bertz CT molecular complexity index is 1000. The molecule has 1 aromatic heterocycles. The van der Waals surface area contributed by atoms with Crippen molar-refractivity contribution < 1.29 is 0 Å². The van der Waals surface area contributed by atoms with Crippen LogP contribution >= 0.6 is 23.2 Å². The molecule has 0 saturated carbocycles. The first-order valence-electron chi connectivity index (χ1n) is 7.65. The average molecular weight is 368 g/mol. The summed E-state index contributed by atoms with van der Waals surface area (Å²) in [6, 6.07) is 15.4. The molecule has 0 aliphatic carbocycles. The van der Waals surface area contributed by atoms with Crippen molar-refractivity contribution in [3.8, 4) is 28.5 Å². The number of aryl methyl sites for hydroxylation is 1. The molecule has 2 aromatic carbocycles. The van der Waals surface area contributed by atoms with E-state index in [1.165, 1.54) is 0 Å². The van der Waals surface area contributed by atoms with Crippen molar-refractivity contribution >= 4 is 29.0 Å². The highest BCUT2D eigenvalue weighted by Crippen LogP contribution is 2.38. The predicted molar refractivity (Wildman–Crippen MR) is 104 cm³/mol. The van der Waals surface area contributed by atoms with Crippen molar-refractivity contribution in [2.45, 2.75) is 13.8 Å². The first kappa shape index (κ1) is 17.3. The van der Waals surface area contributed by atoms with E-state index in [1.807, 2.05) is 44.2 Å². The lowest BCUT2D eigenvalue weighted by molar-refractivity contribution is 1.26. The minimum atomic E-state index is 0.185. The zero-order valence-corrected chi connectivity index (χ0v) is 15.3. The molecule has 0 bridgehead atoms. The fourth-order valence-corrected chi connectivity index (χ4v) is 3.33. The first-order chi connectivity index (χ1) is 11.9. The summed E-state index contributed by atoms with van der Waals surface area (Å²) < 4.78 is 0. The van der Waals surface area contributed by atoms with Crippen molar-refractivity contribution in [1.29, 1.82) is 5.26 Å². The van der Waals surface area contributed by atoms with Crippen LogP contribution in [0, 0.1) is 25.2 Å². The molecule has 124 valence electrons. The Labute approximate surface area is 156 Å². The minimum absolute atomic E-state index is 0.185. The SMILES string of the molecule is Cc1ccc(-c2c(C)c(-c3ccc(Cl)cc3Cl)nc(N)c2C#N)cc1. The number of pyridine rings is 1. The number of anilines is 1. The van der Waals surface area contributed by atoms with Crippen LogP contribution in [0.3, 0.4) is 0 Å². The van der Waals surface area contributed by atoms with Gasteiger partial charge in [0.05, 0.1) is 10.7 Å². The summed E-state index contributed by atoms with van der Waals surface area (Å²) in [7, 11) is 0. The Morgan fingerprint density at radius 3 is 2.32 bits per heavy atom. The lowest BCUT2D eigenvalue weighted by Gasteiger charge is -2.16. The second-order valence-corrected chi connectivity index (χ2v) is 6.67. The normalized spacial score (nSPS) is 10.5. The van der Waals surface area contributed by atoms with E-state index in [9.17, 15) is 5.26 Å². The van der Waals surface area contributed by atoms with Crippen LogP contribution in [0.15, 0.2) is 42.5 Å². The van der Waals surface area contributed by atoms with Crippen molar-refractivity contribution in [3.05, 3.63) is 69.2 Å². The van der Waals surface area contributed by atoms with Gasteiger partial charge in [-0.25, -0.2) is 4.98 Å². The molecule has 3 aromatic rings. The summed E-state index contributed by atoms with van der Waals surface area (Å²) in [5, 5.41) is 10.6. The fourth-order valence-electron chi connectivity index (χ4n) is 2.83. The summed E-state index contributed by atoms with van der Waals surface area (Å²) >= 11 is 12.3. The molecule has 0 unspecified atom stereocenters. The van der Waals surface area contributed by atoms with Gasteiger partial charge in [-0.1, -0.05) is 53.0 Å². The molecule has 5 heteroatoms. The summed E-state index contributed by atoms with van der Waals surface area (Å²) in [6.07, 6.45) is 0. The van der Waals surface area contributed by atoms with Crippen LogP contribution in [0.5, 0.6) is 0 Å². The van der Waals surface area contributed by atoms with Crippen LogP contribution in [-0.2, 0) is 0 Å². The maximum absolute atomic E-state index is 9.58. The third-order valence-corrected chi connectivity index (χ3v) is 4.65. The monoisotopic (exact) mass is 367 g/mol. The van der Waals surface area contributed by atoms with Crippen LogP contribution in [0.2, 0.25) is 10.0 Å². The maximum Gasteiger partial charge on any atom is 0.142 e. The smallest absolute Gasteiger partial charge is 0.142 e. The molecule has 1 heterocycles. The molecular weight excluding hydrogens is 353 g/mol. The van der Waals surface area contributed by atoms with Gasteiger partial charge < -0.3 is 5.73 Å². The van der Waals surface area contributed by atoms with Gasteiger partial charge in [-0.2, -0.15) is 5.26 Å². The van der Waals surface area contributed by atoms with Crippen LogP contribution in [0.4, 0.5) is 5.82 Å². The number of halogens is 2. The van der Waals surface area contributed by atoms with Gasteiger partial charge in [0.1, 0.15) is 17.5 Å². The molecule has 0 atom stereocenters. The van der Waals surface area contributed by atoms with E-state index in [0.717, 1.165) is 27.8 Å². The van der Waals surface area contributed by atoms with E-state index >= 15 is 0 Å². The molecule has 0 saturated heterocycles. The van der Waals surface area contributed by atoms with Gasteiger partial charge in [0.25, 0.3) is 0 Å². The molecule has 0 spiro atoms. The average Bonchev–Trinajstić information content (AvgIpc) is 2.57. The fraction of sp³-hybridized carbons (Fsp3) is 0.100. The highest BCUT2D eigenvalue weighted by Gasteiger charge is 2.19. The topological polar surface area (TPSA) is 62.7 Å². The summed E-state index contributed by atoms with van der Waals surface area (Å²) in [6.45, 7) is 3.93. The zero-order valence-electron chi connectivity index (χ0n) is 13.8. The summed E-state index contributed by atoms with van der Waals surface area (Å²) in [5.74, 6) is 0.185. The molecule has 2 N–H and O–H groups in total. The predicted octanol–water partition coefficient (Wildman–Crippen LogP) is 5.79. The Hall–Kier alpha value is -2.54. The van der Waals surface area contributed by atoms with Gasteiger partial charge in [0.15, 0.2) is 0 Å². The Morgan fingerprint density at radius 2 is 1.72 bits per heavy atom. The molecule has 0 aliphatic rings. The molecule has 0 radical (unpaired) electrons. The summed E-state index contributed by atoms with van der Waals surface area (Å²) in [4.78, 5) is 4.44. The number of hydrogen-bond donors (Lipinski definition) is 1. The number of nitrogens with zero attached hydrogens (tertiary/aromatic N) is 2. The second kappa shape index (κ2) is 6.76.